The molecule has 27 heavy (non-hydrogen) atoms. The Morgan fingerprint density at radius 1 is 1.00 bits per heavy atom. The average Bonchev–Trinajstić information content (AvgIpc) is 2.92. The molecule has 6 heteroatoms. The minimum absolute atomic E-state index is 0.232. The van der Waals surface area contributed by atoms with Crippen LogP contribution in [0.2, 0.25) is 0 Å². The largest absolute Gasteiger partial charge is 0.375 e. The van der Waals surface area contributed by atoms with Crippen LogP contribution in [-0.4, -0.2) is 49.8 Å². The molecule has 0 radical (unpaired) electrons. The first-order valence-electron chi connectivity index (χ1n) is 9.00. The van der Waals surface area contributed by atoms with E-state index in [1.165, 1.54) is 18.8 Å². The number of carbonyl (C=O) groups is 3. The smallest absolute Gasteiger partial charge is 0.261 e. The van der Waals surface area contributed by atoms with E-state index in [0.29, 0.717) is 23.2 Å². The third-order valence-electron chi connectivity index (χ3n) is 4.75. The topological polar surface area (TPSA) is 69.7 Å². The Labute approximate surface area is 158 Å². The maximum absolute atomic E-state index is 12.3. The molecule has 2 aromatic rings. The molecule has 2 aromatic carbocycles. The van der Waals surface area contributed by atoms with Crippen molar-refractivity contribution in [3.8, 4) is 0 Å². The van der Waals surface area contributed by atoms with Gasteiger partial charge in [-0.15, -0.1) is 0 Å². The SMILES string of the molecule is CN1C(=O)c2ccc(C(=O)NCCCCN(C)c3ccccc3)cc2C1=O. The lowest BCUT2D eigenvalue weighted by Crippen LogP contribution is -2.26. The number of anilines is 1. The quantitative estimate of drug-likeness (QED) is 0.605. The summed E-state index contributed by atoms with van der Waals surface area (Å²) in [6.45, 7) is 1.47. The summed E-state index contributed by atoms with van der Waals surface area (Å²) >= 11 is 0. The van der Waals surface area contributed by atoms with Crippen molar-refractivity contribution in [2.75, 3.05) is 32.1 Å². The summed E-state index contributed by atoms with van der Waals surface area (Å²) in [5.41, 5.74) is 2.21. The lowest BCUT2D eigenvalue weighted by Gasteiger charge is -2.19. The average molecular weight is 365 g/mol. The number of fused-ring (bicyclic) bond motifs is 1. The summed E-state index contributed by atoms with van der Waals surface area (Å²) in [5, 5.41) is 2.87. The summed E-state index contributed by atoms with van der Waals surface area (Å²) < 4.78 is 0. The number of hydrogen-bond donors (Lipinski definition) is 1. The van der Waals surface area contributed by atoms with E-state index in [1.54, 1.807) is 12.1 Å². The first kappa shape index (κ1) is 18.6. The number of para-hydroxylation sites is 1. The molecule has 6 nitrogen and oxygen atoms in total. The monoisotopic (exact) mass is 365 g/mol. The number of carbonyl (C=O) groups excluding carboxylic acids is 3. The molecular formula is C21H23N3O3. The predicted octanol–water partition coefficient (Wildman–Crippen LogP) is 2.56. The number of hydrogen-bond acceptors (Lipinski definition) is 4. The predicted molar refractivity (Wildman–Crippen MR) is 104 cm³/mol. The van der Waals surface area contributed by atoms with Crippen LogP contribution >= 0.6 is 0 Å². The molecule has 0 aliphatic carbocycles. The molecule has 0 bridgehead atoms. The van der Waals surface area contributed by atoms with Crippen molar-refractivity contribution in [3.05, 3.63) is 65.2 Å². The summed E-state index contributed by atoms with van der Waals surface area (Å²) in [5.74, 6) is -0.929. The molecule has 0 atom stereocenters. The second-order valence-electron chi connectivity index (χ2n) is 6.65. The summed E-state index contributed by atoms with van der Waals surface area (Å²) in [7, 11) is 3.49. The van der Waals surface area contributed by atoms with Gasteiger partial charge in [-0.3, -0.25) is 19.3 Å². The van der Waals surface area contributed by atoms with E-state index in [-0.39, 0.29) is 17.7 Å². The number of unbranched alkanes of at least 4 members (excludes halogenated alkanes) is 1. The lowest BCUT2D eigenvalue weighted by molar-refractivity contribution is 0.0693. The van der Waals surface area contributed by atoms with Gasteiger partial charge in [0.25, 0.3) is 17.7 Å². The van der Waals surface area contributed by atoms with E-state index >= 15 is 0 Å². The first-order chi connectivity index (χ1) is 13.0. The zero-order chi connectivity index (χ0) is 19.4. The van der Waals surface area contributed by atoms with E-state index in [4.69, 9.17) is 0 Å². The van der Waals surface area contributed by atoms with Crippen molar-refractivity contribution in [1.29, 1.82) is 0 Å². The highest BCUT2D eigenvalue weighted by molar-refractivity contribution is 6.21. The number of nitrogens with one attached hydrogen (secondary N) is 1. The second kappa shape index (κ2) is 8.03. The van der Waals surface area contributed by atoms with Crippen LogP contribution < -0.4 is 10.2 Å². The fourth-order valence-electron chi connectivity index (χ4n) is 3.09. The van der Waals surface area contributed by atoms with Crippen molar-refractivity contribution >= 4 is 23.4 Å². The van der Waals surface area contributed by atoms with E-state index < -0.39 is 0 Å². The standard InChI is InChI=1S/C21H23N3O3/c1-23(16-8-4-3-5-9-16)13-7-6-12-22-19(25)15-10-11-17-18(14-15)21(27)24(2)20(17)26/h3-5,8-11,14H,6-7,12-13H2,1-2H3,(H,22,25). The van der Waals surface area contributed by atoms with Gasteiger partial charge in [0.15, 0.2) is 0 Å². The van der Waals surface area contributed by atoms with E-state index in [9.17, 15) is 14.4 Å². The van der Waals surface area contributed by atoms with E-state index in [1.807, 2.05) is 25.2 Å². The molecule has 0 saturated heterocycles. The van der Waals surface area contributed by atoms with Crippen LogP contribution in [0.3, 0.4) is 0 Å². The van der Waals surface area contributed by atoms with Crippen LogP contribution in [-0.2, 0) is 0 Å². The molecule has 0 fully saturated rings. The van der Waals surface area contributed by atoms with Crippen molar-refractivity contribution in [1.82, 2.24) is 10.2 Å². The molecule has 1 aliphatic rings. The van der Waals surface area contributed by atoms with Crippen LogP contribution in [0.4, 0.5) is 5.69 Å². The molecule has 0 aromatic heterocycles. The molecule has 140 valence electrons. The van der Waals surface area contributed by atoms with Gasteiger partial charge in [0.05, 0.1) is 11.1 Å². The van der Waals surface area contributed by atoms with Crippen molar-refractivity contribution < 1.29 is 14.4 Å². The Hall–Kier alpha value is -3.15. The molecule has 1 aliphatic heterocycles. The van der Waals surface area contributed by atoms with Crippen LogP contribution in [0, 0.1) is 0 Å². The number of nitrogens with zero attached hydrogens (tertiary/aromatic N) is 2. The molecule has 0 spiro atoms. The summed E-state index contributed by atoms with van der Waals surface area (Å²) in [6.07, 6.45) is 1.81. The normalized spacial score (nSPS) is 12.9. The van der Waals surface area contributed by atoms with Crippen LogP contribution in [0.5, 0.6) is 0 Å². The molecule has 1 N–H and O–H groups in total. The molecule has 3 rings (SSSR count). The Bertz CT molecular complexity index is 864. The summed E-state index contributed by atoms with van der Waals surface area (Å²) in [4.78, 5) is 39.5. The van der Waals surface area contributed by atoms with E-state index in [2.05, 4.69) is 22.3 Å². The van der Waals surface area contributed by atoms with Gasteiger partial charge in [0, 0.05) is 38.4 Å². The van der Waals surface area contributed by atoms with Gasteiger partial charge in [-0.05, 0) is 43.2 Å². The van der Waals surface area contributed by atoms with E-state index in [0.717, 1.165) is 24.3 Å². The molecule has 0 unspecified atom stereocenters. The number of rotatable bonds is 7. The minimum atomic E-state index is -0.367. The van der Waals surface area contributed by atoms with Crippen molar-refractivity contribution in [2.45, 2.75) is 12.8 Å². The third kappa shape index (κ3) is 4.00. The number of benzene rings is 2. The Morgan fingerprint density at radius 2 is 1.70 bits per heavy atom. The molecule has 3 amide bonds. The number of amides is 3. The van der Waals surface area contributed by atoms with Crippen LogP contribution in [0.15, 0.2) is 48.5 Å². The van der Waals surface area contributed by atoms with Crippen molar-refractivity contribution in [2.24, 2.45) is 0 Å². The fourth-order valence-corrected chi connectivity index (χ4v) is 3.09. The second-order valence-corrected chi connectivity index (χ2v) is 6.65. The Balaban J connectivity index is 1.47. The van der Waals surface area contributed by atoms with Gasteiger partial charge in [-0.25, -0.2) is 0 Å². The Kier molecular flexibility index (Phi) is 5.54. The zero-order valence-corrected chi connectivity index (χ0v) is 15.6. The maximum atomic E-state index is 12.3. The first-order valence-corrected chi connectivity index (χ1v) is 9.00. The van der Waals surface area contributed by atoms with Gasteiger partial charge >= 0.3 is 0 Å². The van der Waals surface area contributed by atoms with Crippen LogP contribution in [0.25, 0.3) is 0 Å². The molecule has 1 heterocycles. The molecular weight excluding hydrogens is 342 g/mol. The van der Waals surface area contributed by atoms with Crippen molar-refractivity contribution in [3.63, 3.8) is 0 Å². The minimum Gasteiger partial charge on any atom is -0.375 e. The summed E-state index contributed by atoms with van der Waals surface area (Å²) in [6, 6.07) is 14.8. The van der Waals surface area contributed by atoms with Crippen LogP contribution in [0.1, 0.15) is 43.9 Å². The molecule has 0 saturated carbocycles. The van der Waals surface area contributed by atoms with Gasteiger partial charge in [-0.2, -0.15) is 0 Å². The van der Waals surface area contributed by atoms with Gasteiger partial charge in [-0.1, -0.05) is 18.2 Å². The Morgan fingerprint density at radius 3 is 2.44 bits per heavy atom. The number of imide groups is 1. The third-order valence-corrected chi connectivity index (χ3v) is 4.75. The van der Waals surface area contributed by atoms with Gasteiger partial charge < -0.3 is 10.2 Å². The zero-order valence-electron chi connectivity index (χ0n) is 15.6. The fraction of sp³-hybridized carbons (Fsp3) is 0.286. The lowest BCUT2D eigenvalue weighted by atomic mass is 10.1. The highest BCUT2D eigenvalue weighted by atomic mass is 16.2. The van der Waals surface area contributed by atoms with Gasteiger partial charge in [0.1, 0.15) is 0 Å². The maximum Gasteiger partial charge on any atom is 0.261 e. The van der Waals surface area contributed by atoms with Gasteiger partial charge in [0.2, 0.25) is 0 Å². The highest BCUT2D eigenvalue weighted by Crippen LogP contribution is 2.22. The highest BCUT2D eigenvalue weighted by Gasteiger charge is 2.33.